The van der Waals surface area contributed by atoms with E-state index >= 15 is 0 Å². The van der Waals surface area contributed by atoms with Crippen LogP contribution in [-0.4, -0.2) is 21.3 Å². The lowest BCUT2D eigenvalue weighted by Crippen LogP contribution is -2.17. The monoisotopic (exact) mass is 182 g/mol. The van der Waals surface area contributed by atoms with Gasteiger partial charge >= 0.3 is 0 Å². The maximum Gasteiger partial charge on any atom is 0.146 e. The van der Waals surface area contributed by atoms with E-state index in [0.29, 0.717) is 0 Å². The Balaban J connectivity index is 2.10. The molecule has 4 heteroatoms. The first-order valence-corrected chi connectivity index (χ1v) is 4.88. The number of aromatic nitrogens is 3. The molecule has 0 unspecified atom stereocenters. The van der Waals surface area contributed by atoms with Crippen LogP contribution in [0.15, 0.2) is 6.33 Å². The molecule has 1 heterocycles. The van der Waals surface area contributed by atoms with E-state index in [2.05, 4.69) is 22.4 Å². The summed E-state index contributed by atoms with van der Waals surface area (Å²) < 4.78 is 1.94. The van der Waals surface area contributed by atoms with Gasteiger partial charge in [-0.1, -0.05) is 19.8 Å². The van der Waals surface area contributed by atoms with Crippen LogP contribution in [0, 0.1) is 0 Å². The number of nitrogens with zero attached hydrogens (tertiary/aromatic N) is 3. The molecule has 74 valence electrons. The van der Waals surface area contributed by atoms with Crippen LogP contribution in [0.25, 0.3) is 0 Å². The van der Waals surface area contributed by atoms with Gasteiger partial charge in [0, 0.05) is 7.05 Å². The molecule has 0 fully saturated rings. The summed E-state index contributed by atoms with van der Waals surface area (Å²) >= 11 is 0. The third-order valence-corrected chi connectivity index (χ3v) is 2.05. The van der Waals surface area contributed by atoms with Gasteiger partial charge < -0.3 is 9.88 Å². The molecule has 0 radical (unpaired) electrons. The van der Waals surface area contributed by atoms with Gasteiger partial charge in [-0.05, 0) is 13.0 Å². The average Bonchev–Trinajstić information content (AvgIpc) is 2.52. The van der Waals surface area contributed by atoms with Crippen molar-refractivity contribution in [3.63, 3.8) is 0 Å². The Bertz CT molecular complexity index is 231. The minimum Gasteiger partial charge on any atom is -0.320 e. The number of nitrogens with one attached hydrogen (secondary N) is 1. The number of aryl methyl sites for hydroxylation is 1. The fourth-order valence-corrected chi connectivity index (χ4v) is 1.17. The van der Waals surface area contributed by atoms with Gasteiger partial charge in [0.15, 0.2) is 0 Å². The van der Waals surface area contributed by atoms with Gasteiger partial charge in [-0.15, -0.1) is 10.2 Å². The lowest BCUT2D eigenvalue weighted by atomic mass is 10.2. The van der Waals surface area contributed by atoms with Gasteiger partial charge in [0.2, 0.25) is 0 Å². The lowest BCUT2D eigenvalue weighted by molar-refractivity contribution is 0.591. The zero-order chi connectivity index (χ0) is 9.52. The van der Waals surface area contributed by atoms with Crippen molar-refractivity contribution >= 4 is 0 Å². The molecule has 0 aromatic carbocycles. The molecule has 13 heavy (non-hydrogen) atoms. The predicted molar refractivity (Wildman–Crippen MR) is 52.2 cm³/mol. The largest absolute Gasteiger partial charge is 0.320 e. The minimum absolute atomic E-state index is 0.820. The molecular formula is C9H18N4. The van der Waals surface area contributed by atoms with Gasteiger partial charge in [0.05, 0.1) is 6.54 Å². The van der Waals surface area contributed by atoms with Crippen LogP contribution in [0.3, 0.4) is 0 Å². The Hall–Kier alpha value is -0.900. The Kier molecular flexibility index (Phi) is 4.46. The smallest absolute Gasteiger partial charge is 0.146 e. The summed E-state index contributed by atoms with van der Waals surface area (Å²) in [4.78, 5) is 0. The minimum atomic E-state index is 0.820. The van der Waals surface area contributed by atoms with Crippen LogP contribution < -0.4 is 5.32 Å². The lowest BCUT2D eigenvalue weighted by Gasteiger charge is -2.02. The van der Waals surface area contributed by atoms with Gasteiger partial charge in [-0.2, -0.15) is 0 Å². The molecule has 4 nitrogen and oxygen atoms in total. The summed E-state index contributed by atoms with van der Waals surface area (Å²) in [5, 5.41) is 11.1. The summed E-state index contributed by atoms with van der Waals surface area (Å²) in [7, 11) is 1.96. The van der Waals surface area contributed by atoms with E-state index in [1.165, 1.54) is 19.3 Å². The van der Waals surface area contributed by atoms with Crippen molar-refractivity contribution in [2.45, 2.75) is 32.7 Å². The first-order chi connectivity index (χ1) is 6.34. The van der Waals surface area contributed by atoms with Gasteiger partial charge in [-0.25, -0.2) is 0 Å². The second-order valence-electron chi connectivity index (χ2n) is 3.24. The van der Waals surface area contributed by atoms with Gasteiger partial charge in [0.25, 0.3) is 0 Å². The second kappa shape index (κ2) is 5.70. The third-order valence-electron chi connectivity index (χ3n) is 2.05. The Morgan fingerprint density at radius 3 is 2.92 bits per heavy atom. The molecule has 0 aliphatic carbocycles. The molecule has 0 spiro atoms. The molecule has 0 aliphatic heterocycles. The SMILES string of the molecule is CCCCCNCc1nncn1C. The van der Waals surface area contributed by atoms with E-state index in [9.17, 15) is 0 Å². The predicted octanol–water partition coefficient (Wildman–Crippen LogP) is 1.09. The Morgan fingerprint density at radius 2 is 2.31 bits per heavy atom. The normalized spacial score (nSPS) is 10.6. The van der Waals surface area contributed by atoms with Crippen molar-refractivity contribution in [3.8, 4) is 0 Å². The van der Waals surface area contributed by atoms with Crippen LogP contribution in [-0.2, 0) is 13.6 Å². The van der Waals surface area contributed by atoms with Crippen LogP contribution in [0.5, 0.6) is 0 Å². The number of unbranched alkanes of at least 4 members (excludes halogenated alkanes) is 2. The van der Waals surface area contributed by atoms with E-state index in [1.54, 1.807) is 6.33 Å². The van der Waals surface area contributed by atoms with E-state index < -0.39 is 0 Å². The van der Waals surface area contributed by atoms with E-state index in [1.807, 2.05) is 11.6 Å². The highest BCUT2D eigenvalue weighted by molar-refractivity contribution is 4.82. The number of rotatable bonds is 6. The zero-order valence-corrected chi connectivity index (χ0v) is 8.45. The molecule has 1 N–H and O–H groups in total. The molecular weight excluding hydrogens is 164 g/mol. The average molecular weight is 182 g/mol. The summed E-state index contributed by atoms with van der Waals surface area (Å²) in [5.74, 6) is 0.997. The van der Waals surface area contributed by atoms with Gasteiger partial charge in [-0.3, -0.25) is 0 Å². The highest BCUT2D eigenvalue weighted by Crippen LogP contribution is 1.93. The number of hydrogen-bond acceptors (Lipinski definition) is 3. The highest BCUT2D eigenvalue weighted by Gasteiger charge is 1.97. The molecule has 0 aliphatic rings. The van der Waals surface area contributed by atoms with Crippen LogP contribution >= 0.6 is 0 Å². The van der Waals surface area contributed by atoms with E-state index in [-0.39, 0.29) is 0 Å². The number of hydrogen-bond donors (Lipinski definition) is 1. The molecule has 0 saturated heterocycles. The fourth-order valence-electron chi connectivity index (χ4n) is 1.17. The van der Waals surface area contributed by atoms with Crippen molar-refractivity contribution in [1.82, 2.24) is 20.1 Å². The standard InChI is InChI=1S/C9H18N4/c1-3-4-5-6-10-7-9-12-11-8-13(9)2/h8,10H,3-7H2,1-2H3. The quantitative estimate of drug-likeness (QED) is 0.670. The van der Waals surface area contributed by atoms with E-state index in [4.69, 9.17) is 0 Å². The molecule has 0 atom stereocenters. The molecule has 0 saturated carbocycles. The second-order valence-corrected chi connectivity index (χ2v) is 3.24. The van der Waals surface area contributed by atoms with Crippen molar-refractivity contribution < 1.29 is 0 Å². The molecule has 1 rings (SSSR count). The highest BCUT2D eigenvalue weighted by atomic mass is 15.3. The summed E-state index contributed by atoms with van der Waals surface area (Å²) in [5.41, 5.74) is 0. The van der Waals surface area contributed by atoms with Crippen LogP contribution in [0.4, 0.5) is 0 Å². The first kappa shape index (κ1) is 10.2. The Labute approximate surface area is 79.4 Å². The van der Waals surface area contributed by atoms with Crippen molar-refractivity contribution in [3.05, 3.63) is 12.2 Å². The summed E-state index contributed by atoms with van der Waals surface area (Å²) in [6.45, 7) is 4.10. The molecule has 0 bridgehead atoms. The summed E-state index contributed by atoms with van der Waals surface area (Å²) in [6, 6.07) is 0. The molecule has 1 aromatic heterocycles. The molecule has 0 amide bonds. The molecule has 1 aromatic rings. The fraction of sp³-hybridized carbons (Fsp3) is 0.778. The zero-order valence-electron chi connectivity index (χ0n) is 8.45. The maximum absolute atomic E-state index is 3.98. The van der Waals surface area contributed by atoms with E-state index in [0.717, 1.165) is 18.9 Å². The Morgan fingerprint density at radius 1 is 1.46 bits per heavy atom. The van der Waals surface area contributed by atoms with Crippen LogP contribution in [0.2, 0.25) is 0 Å². The van der Waals surface area contributed by atoms with Crippen molar-refractivity contribution in [2.24, 2.45) is 7.05 Å². The topological polar surface area (TPSA) is 42.7 Å². The third kappa shape index (κ3) is 3.55. The van der Waals surface area contributed by atoms with Crippen LogP contribution in [0.1, 0.15) is 32.0 Å². The van der Waals surface area contributed by atoms with Gasteiger partial charge in [0.1, 0.15) is 12.2 Å². The summed E-state index contributed by atoms with van der Waals surface area (Å²) in [6.07, 6.45) is 5.54. The first-order valence-electron chi connectivity index (χ1n) is 4.88. The van der Waals surface area contributed by atoms with Crippen molar-refractivity contribution in [1.29, 1.82) is 0 Å². The van der Waals surface area contributed by atoms with Crippen molar-refractivity contribution in [2.75, 3.05) is 6.54 Å². The maximum atomic E-state index is 3.98.